The summed E-state index contributed by atoms with van der Waals surface area (Å²) in [7, 11) is 0. The Morgan fingerprint density at radius 2 is 1.85 bits per heavy atom. The number of nitrogens with zero attached hydrogens (tertiary/aromatic N) is 3. The first-order valence-electron chi connectivity index (χ1n) is 8.41. The van der Waals surface area contributed by atoms with Gasteiger partial charge in [0.1, 0.15) is 11.2 Å². The normalized spacial score (nSPS) is 14.5. The summed E-state index contributed by atoms with van der Waals surface area (Å²) in [6.07, 6.45) is -4.95. The predicted molar refractivity (Wildman–Crippen MR) is 93.5 cm³/mol. The van der Waals surface area contributed by atoms with E-state index in [4.69, 9.17) is 0 Å². The summed E-state index contributed by atoms with van der Waals surface area (Å²) in [5.41, 5.74) is 0.227. The third kappa shape index (κ3) is 3.73. The Kier molecular flexibility index (Phi) is 4.81. The van der Waals surface area contributed by atoms with Gasteiger partial charge in [-0.25, -0.2) is 9.67 Å². The highest BCUT2D eigenvalue weighted by atomic mass is 19.4. The van der Waals surface area contributed by atoms with Crippen LogP contribution in [0.25, 0.3) is 11.0 Å². The van der Waals surface area contributed by atoms with E-state index in [-0.39, 0.29) is 17.4 Å². The molecule has 27 heavy (non-hydrogen) atoms. The lowest BCUT2D eigenvalue weighted by Crippen LogP contribution is -2.14. The van der Waals surface area contributed by atoms with Gasteiger partial charge in [-0.2, -0.15) is 18.3 Å². The van der Waals surface area contributed by atoms with E-state index in [0.717, 1.165) is 12.1 Å². The zero-order chi connectivity index (χ0) is 19.9. The van der Waals surface area contributed by atoms with Gasteiger partial charge in [-0.1, -0.05) is 12.1 Å². The average molecular weight is 380 g/mol. The topological polar surface area (TPSA) is 83.8 Å². The van der Waals surface area contributed by atoms with Crippen molar-refractivity contribution in [2.24, 2.45) is 0 Å². The van der Waals surface area contributed by atoms with E-state index in [1.165, 1.54) is 16.8 Å². The van der Waals surface area contributed by atoms with E-state index in [1.54, 1.807) is 20.8 Å². The van der Waals surface area contributed by atoms with Crippen LogP contribution in [0.1, 0.15) is 42.5 Å². The van der Waals surface area contributed by atoms with Crippen molar-refractivity contribution in [1.82, 2.24) is 19.7 Å². The summed E-state index contributed by atoms with van der Waals surface area (Å²) in [6.45, 7) is 4.98. The molecule has 144 valence electrons. The van der Waals surface area contributed by atoms with Gasteiger partial charge < -0.3 is 10.1 Å². The van der Waals surface area contributed by atoms with Gasteiger partial charge in [0.2, 0.25) is 0 Å². The van der Waals surface area contributed by atoms with E-state index in [0.29, 0.717) is 22.7 Å². The number of aromatic amines is 1. The van der Waals surface area contributed by atoms with E-state index in [9.17, 15) is 23.1 Å². The minimum absolute atomic E-state index is 0.164. The second kappa shape index (κ2) is 6.80. The van der Waals surface area contributed by atoms with Gasteiger partial charge in [0.15, 0.2) is 5.65 Å². The molecule has 0 radical (unpaired) electrons. The molecule has 0 aliphatic heterocycles. The van der Waals surface area contributed by atoms with Crippen LogP contribution < -0.4 is 5.56 Å². The summed E-state index contributed by atoms with van der Waals surface area (Å²) in [6, 6.07) is 4.34. The molecule has 0 aliphatic carbocycles. The molecular formula is C18H19F3N4O2. The van der Waals surface area contributed by atoms with Gasteiger partial charge in [-0.05, 0) is 38.5 Å². The minimum Gasteiger partial charge on any atom is -0.393 e. The Hall–Kier alpha value is -2.68. The molecule has 2 unspecified atom stereocenters. The summed E-state index contributed by atoms with van der Waals surface area (Å²) < 4.78 is 39.8. The summed E-state index contributed by atoms with van der Waals surface area (Å²) in [4.78, 5) is 19.3. The quantitative estimate of drug-likeness (QED) is 0.729. The monoisotopic (exact) mass is 380 g/mol. The van der Waals surface area contributed by atoms with Crippen LogP contribution in [-0.2, 0) is 12.6 Å². The number of aliphatic hydroxyl groups is 1. The number of hydrogen-bond donors (Lipinski definition) is 2. The number of nitrogens with one attached hydrogen (secondary N) is 1. The van der Waals surface area contributed by atoms with Crippen LogP contribution >= 0.6 is 0 Å². The Morgan fingerprint density at radius 1 is 1.22 bits per heavy atom. The summed E-state index contributed by atoms with van der Waals surface area (Å²) in [5.74, 6) is 0.400. The van der Waals surface area contributed by atoms with Crippen LogP contribution in [-0.4, -0.2) is 31.0 Å². The van der Waals surface area contributed by atoms with Crippen LogP contribution in [0, 0.1) is 6.92 Å². The lowest BCUT2D eigenvalue weighted by atomic mass is 10.1. The number of H-pyrrole nitrogens is 1. The van der Waals surface area contributed by atoms with Crippen molar-refractivity contribution >= 4 is 11.0 Å². The fourth-order valence-electron chi connectivity index (χ4n) is 3.01. The molecule has 3 rings (SSSR count). The average Bonchev–Trinajstić information content (AvgIpc) is 2.91. The maximum atomic E-state index is 12.8. The maximum Gasteiger partial charge on any atom is 0.416 e. The number of aliphatic hydroxyl groups excluding tert-OH is 1. The van der Waals surface area contributed by atoms with Gasteiger partial charge >= 0.3 is 6.18 Å². The van der Waals surface area contributed by atoms with E-state index < -0.39 is 23.9 Å². The number of aromatic nitrogens is 4. The fourth-order valence-corrected chi connectivity index (χ4v) is 3.01. The van der Waals surface area contributed by atoms with Crippen molar-refractivity contribution in [2.45, 2.75) is 45.5 Å². The fraction of sp³-hybridized carbons (Fsp3) is 0.389. The van der Waals surface area contributed by atoms with E-state index in [1.807, 2.05) is 0 Å². The molecule has 0 aliphatic rings. The Morgan fingerprint density at radius 3 is 2.41 bits per heavy atom. The standard InChI is InChI=1S/C18H19F3N4O2/c1-9(26)8-14-15-16(22-11(3)23-17(15)27)25(24-14)10(2)12-4-6-13(7-5-12)18(19,20)21/h4-7,9-10,26H,8H2,1-3H3,(H,22,23,27). The smallest absolute Gasteiger partial charge is 0.393 e. The molecule has 9 heteroatoms. The number of rotatable bonds is 4. The van der Waals surface area contributed by atoms with Crippen molar-refractivity contribution in [3.05, 3.63) is 57.3 Å². The Bertz CT molecular complexity index is 1020. The molecule has 0 bridgehead atoms. The molecular weight excluding hydrogens is 361 g/mol. The van der Waals surface area contributed by atoms with Crippen molar-refractivity contribution in [2.75, 3.05) is 0 Å². The van der Waals surface area contributed by atoms with Crippen molar-refractivity contribution in [1.29, 1.82) is 0 Å². The zero-order valence-electron chi connectivity index (χ0n) is 15.0. The van der Waals surface area contributed by atoms with Crippen molar-refractivity contribution < 1.29 is 18.3 Å². The predicted octanol–water partition coefficient (Wildman–Crippen LogP) is 2.98. The molecule has 0 spiro atoms. The van der Waals surface area contributed by atoms with Crippen LogP contribution in [0.5, 0.6) is 0 Å². The molecule has 0 saturated carbocycles. The number of aryl methyl sites for hydroxylation is 1. The molecule has 0 amide bonds. The highest BCUT2D eigenvalue weighted by Gasteiger charge is 2.30. The van der Waals surface area contributed by atoms with Crippen LogP contribution in [0.3, 0.4) is 0 Å². The van der Waals surface area contributed by atoms with Gasteiger partial charge in [-0.15, -0.1) is 0 Å². The number of benzene rings is 1. The Labute approximate surface area is 152 Å². The SMILES string of the molecule is Cc1nc2c(c(CC(C)O)nn2C(C)c2ccc(C(F)(F)F)cc2)c(=O)[nH]1. The molecule has 2 atom stereocenters. The molecule has 1 aromatic carbocycles. The zero-order valence-corrected chi connectivity index (χ0v) is 15.0. The molecule has 0 saturated heterocycles. The van der Waals surface area contributed by atoms with Crippen LogP contribution in [0.4, 0.5) is 13.2 Å². The van der Waals surface area contributed by atoms with E-state index >= 15 is 0 Å². The summed E-state index contributed by atoms with van der Waals surface area (Å²) in [5, 5.41) is 14.4. The van der Waals surface area contributed by atoms with E-state index in [2.05, 4.69) is 15.1 Å². The van der Waals surface area contributed by atoms with Crippen LogP contribution in [0.2, 0.25) is 0 Å². The van der Waals surface area contributed by atoms with Gasteiger partial charge in [0.05, 0.1) is 23.4 Å². The molecule has 6 nitrogen and oxygen atoms in total. The number of hydrogen-bond acceptors (Lipinski definition) is 4. The molecule has 0 fully saturated rings. The first-order valence-corrected chi connectivity index (χ1v) is 8.41. The third-order valence-electron chi connectivity index (χ3n) is 4.33. The highest BCUT2D eigenvalue weighted by molar-refractivity contribution is 5.77. The third-order valence-corrected chi connectivity index (χ3v) is 4.33. The van der Waals surface area contributed by atoms with Gasteiger partial charge in [-0.3, -0.25) is 4.79 Å². The minimum atomic E-state index is -4.41. The first-order chi connectivity index (χ1) is 12.6. The first kappa shape index (κ1) is 19.1. The van der Waals surface area contributed by atoms with Gasteiger partial charge in [0.25, 0.3) is 5.56 Å². The summed E-state index contributed by atoms with van der Waals surface area (Å²) >= 11 is 0. The number of alkyl halides is 3. The van der Waals surface area contributed by atoms with Gasteiger partial charge in [0, 0.05) is 6.42 Å². The van der Waals surface area contributed by atoms with Crippen LogP contribution in [0.15, 0.2) is 29.1 Å². The molecule has 2 heterocycles. The largest absolute Gasteiger partial charge is 0.416 e. The molecule has 2 aromatic heterocycles. The second-order valence-corrected chi connectivity index (χ2v) is 6.59. The van der Waals surface area contributed by atoms with Crippen molar-refractivity contribution in [3.63, 3.8) is 0 Å². The number of halogens is 3. The maximum absolute atomic E-state index is 12.8. The molecule has 2 N–H and O–H groups in total. The number of fused-ring (bicyclic) bond motifs is 1. The lowest BCUT2D eigenvalue weighted by Gasteiger charge is -2.15. The van der Waals surface area contributed by atoms with Crippen molar-refractivity contribution in [3.8, 4) is 0 Å². The lowest BCUT2D eigenvalue weighted by molar-refractivity contribution is -0.137. The highest BCUT2D eigenvalue weighted by Crippen LogP contribution is 2.31. The Balaban J connectivity index is 2.11. The second-order valence-electron chi connectivity index (χ2n) is 6.59. The molecule has 3 aromatic rings.